The van der Waals surface area contributed by atoms with E-state index in [9.17, 15) is 14.3 Å². The number of carboxylic acid groups (broad SMARTS) is 1. The second-order valence-corrected chi connectivity index (χ2v) is 16.0. The summed E-state index contributed by atoms with van der Waals surface area (Å²) in [4.78, 5) is 36.0. The second-order valence-electron chi connectivity index (χ2n) is 15.7. The van der Waals surface area contributed by atoms with Crippen molar-refractivity contribution in [3.8, 4) is 62.7 Å². The SMILES string of the molecule is COc1ccccc1-c1nccc(COc2ccc3cc2C[C@H](C(=O)O)Oc2ncnc4oc(-c5ccc(F)cc5)c(c24)-c2ccc(c(Cl)c2C)OC[C@H](CN2CCN(C)CC2)O3)n1. The van der Waals surface area contributed by atoms with Gasteiger partial charge in [0.05, 0.1) is 23.4 Å². The van der Waals surface area contributed by atoms with Crippen molar-refractivity contribution in [1.82, 2.24) is 29.7 Å². The van der Waals surface area contributed by atoms with Crippen molar-refractivity contribution in [3.05, 3.63) is 125 Å². The molecule has 7 aromatic rings. The molecular weight excluding hydrogens is 843 g/mol. The van der Waals surface area contributed by atoms with Gasteiger partial charge in [0.1, 0.15) is 65.6 Å². The first-order chi connectivity index (χ1) is 31.1. The number of hydrogen-bond acceptors (Lipinski definition) is 13. The molecule has 64 heavy (non-hydrogen) atoms. The van der Waals surface area contributed by atoms with Gasteiger partial charge in [-0.3, -0.25) is 4.90 Å². The van der Waals surface area contributed by atoms with Crippen LogP contribution in [0, 0.1) is 12.7 Å². The maximum absolute atomic E-state index is 14.2. The van der Waals surface area contributed by atoms with Crippen molar-refractivity contribution in [1.29, 1.82) is 0 Å². The molecule has 328 valence electrons. The third kappa shape index (κ3) is 9.00. The number of fused-ring (bicyclic) bond motifs is 7. The fourth-order valence-electron chi connectivity index (χ4n) is 7.95. The number of hydrogen-bond donors (Lipinski definition) is 1. The predicted octanol–water partition coefficient (Wildman–Crippen LogP) is 8.16. The Morgan fingerprint density at radius 3 is 2.55 bits per heavy atom. The van der Waals surface area contributed by atoms with E-state index in [1.165, 1.54) is 18.5 Å². The lowest BCUT2D eigenvalue weighted by atomic mass is 9.95. The molecule has 0 unspecified atom stereocenters. The van der Waals surface area contributed by atoms with Crippen molar-refractivity contribution < 1.29 is 42.4 Å². The Labute approximate surface area is 373 Å². The highest BCUT2D eigenvalue weighted by Crippen LogP contribution is 2.47. The predicted molar refractivity (Wildman–Crippen MR) is 237 cm³/mol. The highest BCUT2D eigenvalue weighted by molar-refractivity contribution is 6.33. The number of carbonyl (C=O) groups is 1. The summed E-state index contributed by atoms with van der Waals surface area (Å²) in [5.74, 6) is 0.999. The van der Waals surface area contributed by atoms with Crippen LogP contribution in [0.25, 0.3) is 44.9 Å². The zero-order chi connectivity index (χ0) is 44.3. The van der Waals surface area contributed by atoms with Gasteiger partial charge < -0.3 is 38.1 Å². The highest BCUT2D eigenvalue weighted by Gasteiger charge is 2.31. The first kappa shape index (κ1) is 42.5. The summed E-state index contributed by atoms with van der Waals surface area (Å²) < 4.78 is 52.2. The van der Waals surface area contributed by atoms with Gasteiger partial charge in [-0.25, -0.2) is 29.1 Å². The Kier molecular flexibility index (Phi) is 12.3. The molecule has 3 aromatic heterocycles. The van der Waals surface area contributed by atoms with E-state index >= 15 is 0 Å². The fourth-order valence-corrected chi connectivity index (χ4v) is 8.17. The van der Waals surface area contributed by atoms with E-state index in [0.29, 0.717) is 85.0 Å². The topological polar surface area (TPSA) is 155 Å². The van der Waals surface area contributed by atoms with Gasteiger partial charge in [-0.05, 0) is 91.8 Å². The Morgan fingerprint density at radius 1 is 0.938 bits per heavy atom. The van der Waals surface area contributed by atoms with E-state index in [4.69, 9.17) is 44.7 Å². The second kappa shape index (κ2) is 18.5. The molecule has 4 aromatic carbocycles. The third-order valence-corrected chi connectivity index (χ3v) is 11.8. The molecule has 0 saturated carbocycles. The van der Waals surface area contributed by atoms with Crippen LogP contribution in [0.1, 0.15) is 16.8 Å². The number of piperazine rings is 1. The van der Waals surface area contributed by atoms with Crippen molar-refractivity contribution in [2.75, 3.05) is 53.5 Å². The largest absolute Gasteiger partial charge is 0.496 e. The number of nitrogens with zero attached hydrogens (tertiary/aromatic N) is 6. The minimum absolute atomic E-state index is 0.0325. The Bertz CT molecular complexity index is 2820. The molecule has 1 saturated heterocycles. The van der Waals surface area contributed by atoms with Crippen LogP contribution in [-0.4, -0.2) is 107 Å². The van der Waals surface area contributed by atoms with Crippen LogP contribution in [0.4, 0.5) is 4.39 Å². The normalized spacial score (nSPS) is 17.0. The Hall–Kier alpha value is -6.81. The molecule has 4 bridgehead atoms. The molecule has 14 nitrogen and oxygen atoms in total. The number of aromatic nitrogens is 4. The average molecular weight is 887 g/mol. The lowest BCUT2D eigenvalue weighted by Crippen LogP contribution is -2.49. The van der Waals surface area contributed by atoms with Crippen LogP contribution in [0.15, 0.2) is 102 Å². The smallest absolute Gasteiger partial charge is 0.345 e. The maximum Gasteiger partial charge on any atom is 0.345 e. The number of rotatable bonds is 9. The molecule has 3 aliphatic rings. The summed E-state index contributed by atoms with van der Waals surface area (Å²) in [5.41, 5.74) is 4.20. The fraction of sp³-hybridized carbons (Fsp3) is 0.271. The van der Waals surface area contributed by atoms with Crippen molar-refractivity contribution in [3.63, 3.8) is 0 Å². The Morgan fingerprint density at radius 2 is 1.75 bits per heavy atom. The van der Waals surface area contributed by atoms with E-state index < -0.39 is 24.0 Å². The summed E-state index contributed by atoms with van der Waals surface area (Å²) in [6, 6.07) is 24.0. The summed E-state index contributed by atoms with van der Waals surface area (Å²) >= 11 is 7.13. The van der Waals surface area contributed by atoms with E-state index in [2.05, 4.69) is 31.8 Å². The van der Waals surface area contributed by atoms with Crippen molar-refractivity contribution in [2.24, 2.45) is 0 Å². The molecule has 3 aliphatic heterocycles. The molecule has 16 heteroatoms. The molecule has 0 spiro atoms. The molecule has 0 amide bonds. The van der Waals surface area contributed by atoms with Gasteiger partial charge in [0.2, 0.25) is 17.7 Å². The average Bonchev–Trinajstić information content (AvgIpc) is 3.70. The molecule has 6 heterocycles. The van der Waals surface area contributed by atoms with Crippen LogP contribution >= 0.6 is 11.6 Å². The number of carboxylic acids is 1. The summed E-state index contributed by atoms with van der Waals surface area (Å²) in [6.07, 6.45) is 0.767. The van der Waals surface area contributed by atoms with Crippen LogP contribution in [0.3, 0.4) is 0 Å². The minimum Gasteiger partial charge on any atom is -0.496 e. The van der Waals surface area contributed by atoms with Crippen LogP contribution in [-0.2, 0) is 17.8 Å². The lowest BCUT2D eigenvalue weighted by Gasteiger charge is -2.34. The molecule has 0 radical (unpaired) electrons. The number of aliphatic carboxylic acids is 1. The van der Waals surface area contributed by atoms with Gasteiger partial charge in [0.25, 0.3) is 0 Å². The number of benzene rings is 4. The van der Waals surface area contributed by atoms with Crippen molar-refractivity contribution >= 4 is 28.7 Å². The van der Waals surface area contributed by atoms with Crippen LogP contribution in [0.2, 0.25) is 5.02 Å². The highest BCUT2D eigenvalue weighted by atomic mass is 35.5. The van der Waals surface area contributed by atoms with Crippen LogP contribution in [0.5, 0.6) is 28.9 Å². The number of ether oxygens (including phenoxy) is 5. The van der Waals surface area contributed by atoms with Crippen LogP contribution < -0.4 is 23.7 Å². The number of likely N-dealkylation sites (N-methyl/N-ethyl adjacent to an activating group) is 1. The summed E-state index contributed by atoms with van der Waals surface area (Å²) in [6.45, 7) is 6.10. The summed E-state index contributed by atoms with van der Waals surface area (Å²) in [5, 5.41) is 11.5. The standard InChI is InChI=1S/C48H44ClFN6O8/c1-28-35-13-15-39(43(28)49)61-26-34(24-56-20-18-55(2)19-21-56)62-33-12-14-37(60-25-32-16-17-51-45(54-32)36-6-4-5-7-38(36)59-3)30(22-33)23-40(48(57)58)63-46-42-41(35)44(64-47(42)53-27-52-46)29-8-10-31(50)11-9-29/h4-17,22,27,34,40H,18-21,23-26H2,1-3H3,(H,57,58)/t34-,40+/m0/s1. The minimum atomic E-state index is -1.49. The Balaban J connectivity index is 1.14. The molecule has 10 rings (SSSR count). The monoisotopic (exact) mass is 886 g/mol. The molecule has 1 fully saturated rings. The number of halogens is 2. The summed E-state index contributed by atoms with van der Waals surface area (Å²) in [7, 11) is 3.69. The van der Waals surface area contributed by atoms with Gasteiger partial charge >= 0.3 is 5.97 Å². The van der Waals surface area contributed by atoms with E-state index in [1.807, 2.05) is 37.3 Å². The molecule has 0 aliphatic carbocycles. The zero-order valence-corrected chi connectivity index (χ0v) is 36.0. The van der Waals surface area contributed by atoms with Gasteiger partial charge in [-0.15, -0.1) is 0 Å². The first-order valence-corrected chi connectivity index (χ1v) is 21.1. The van der Waals surface area contributed by atoms with Crippen molar-refractivity contribution in [2.45, 2.75) is 32.2 Å². The first-order valence-electron chi connectivity index (χ1n) is 20.8. The molecule has 2 atom stereocenters. The van der Waals surface area contributed by atoms with Gasteiger partial charge in [0, 0.05) is 62.0 Å². The van der Waals surface area contributed by atoms with E-state index in [-0.39, 0.29) is 31.2 Å². The lowest BCUT2D eigenvalue weighted by molar-refractivity contribution is -0.145. The quantitative estimate of drug-likeness (QED) is 0.148. The van der Waals surface area contributed by atoms with E-state index in [0.717, 1.165) is 31.7 Å². The van der Waals surface area contributed by atoms with Gasteiger partial charge in [0.15, 0.2) is 5.82 Å². The molecular formula is C48H44ClFN6O8. The van der Waals surface area contributed by atoms with Gasteiger partial charge in [-0.2, -0.15) is 0 Å². The third-order valence-electron chi connectivity index (χ3n) is 11.4. The number of furan rings is 1. The number of methoxy groups -OCH3 is 1. The maximum atomic E-state index is 14.2. The zero-order valence-electron chi connectivity index (χ0n) is 35.3. The number of para-hydroxylation sites is 1. The van der Waals surface area contributed by atoms with Gasteiger partial charge in [-0.1, -0.05) is 29.8 Å². The van der Waals surface area contributed by atoms with E-state index in [1.54, 1.807) is 55.8 Å². The molecule has 1 N–H and O–H groups in total.